The maximum absolute atomic E-state index is 12.4. The SMILES string of the molecule is O=C(NCCC1CCN(CC(F)(F)F)CC1)c1ccn(C2CCCNC2)n1. The molecule has 1 aromatic rings. The number of rotatable bonds is 6. The Morgan fingerprint density at radius 3 is 2.74 bits per heavy atom. The minimum absolute atomic E-state index is 0.188. The van der Waals surface area contributed by atoms with E-state index >= 15 is 0 Å². The van der Waals surface area contributed by atoms with E-state index in [-0.39, 0.29) is 5.91 Å². The molecule has 9 heteroatoms. The van der Waals surface area contributed by atoms with Gasteiger partial charge in [0.15, 0.2) is 0 Å². The van der Waals surface area contributed by atoms with E-state index in [1.54, 1.807) is 6.07 Å². The summed E-state index contributed by atoms with van der Waals surface area (Å²) in [7, 11) is 0. The molecule has 3 heterocycles. The number of halogens is 3. The molecule has 2 fully saturated rings. The zero-order valence-electron chi connectivity index (χ0n) is 15.5. The molecule has 0 saturated carbocycles. The van der Waals surface area contributed by atoms with E-state index in [0.29, 0.717) is 37.3 Å². The minimum Gasteiger partial charge on any atom is -0.351 e. The van der Waals surface area contributed by atoms with Crippen molar-refractivity contribution in [3.05, 3.63) is 18.0 Å². The Labute approximate surface area is 157 Å². The summed E-state index contributed by atoms with van der Waals surface area (Å²) in [6.45, 7) is 2.54. The van der Waals surface area contributed by atoms with Crippen LogP contribution in [0.1, 0.15) is 48.6 Å². The largest absolute Gasteiger partial charge is 0.401 e. The van der Waals surface area contributed by atoms with Gasteiger partial charge in [-0.15, -0.1) is 0 Å². The standard InChI is InChI=1S/C18H28F3N5O/c19-18(20,21)13-25-9-4-14(5-10-25)3-8-23-17(27)16-6-11-26(24-16)15-2-1-7-22-12-15/h6,11,14-15,22H,1-5,7-10,12-13H2,(H,23,27). The maximum Gasteiger partial charge on any atom is 0.401 e. The zero-order chi connectivity index (χ0) is 19.3. The molecule has 1 amide bonds. The number of carbonyl (C=O) groups excluding carboxylic acids is 1. The Morgan fingerprint density at radius 2 is 2.07 bits per heavy atom. The van der Waals surface area contributed by atoms with E-state index in [9.17, 15) is 18.0 Å². The predicted molar refractivity (Wildman–Crippen MR) is 95.5 cm³/mol. The second kappa shape index (κ2) is 9.05. The molecular weight excluding hydrogens is 359 g/mol. The number of piperidine rings is 2. The second-order valence-corrected chi connectivity index (χ2v) is 7.56. The topological polar surface area (TPSA) is 62.2 Å². The van der Waals surface area contributed by atoms with Crippen LogP contribution in [0.3, 0.4) is 0 Å². The van der Waals surface area contributed by atoms with Crippen LogP contribution in [-0.2, 0) is 0 Å². The Kier molecular flexibility index (Phi) is 6.75. The first kappa shape index (κ1) is 20.1. The molecule has 2 aliphatic heterocycles. The molecule has 0 aliphatic carbocycles. The molecule has 2 aliphatic rings. The molecule has 0 bridgehead atoms. The van der Waals surface area contributed by atoms with Crippen molar-refractivity contribution in [1.29, 1.82) is 0 Å². The smallest absolute Gasteiger partial charge is 0.351 e. The van der Waals surface area contributed by atoms with Crippen molar-refractivity contribution in [1.82, 2.24) is 25.3 Å². The van der Waals surface area contributed by atoms with Gasteiger partial charge < -0.3 is 10.6 Å². The predicted octanol–water partition coefficient (Wildman–Crippen LogP) is 2.20. The fraction of sp³-hybridized carbons (Fsp3) is 0.778. The molecule has 3 rings (SSSR count). The van der Waals surface area contributed by atoms with Crippen LogP contribution < -0.4 is 10.6 Å². The number of nitrogens with one attached hydrogen (secondary N) is 2. The molecule has 1 aromatic heterocycles. The van der Waals surface area contributed by atoms with E-state index in [0.717, 1.165) is 45.2 Å². The van der Waals surface area contributed by atoms with E-state index in [4.69, 9.17) is 0 Å². The molecule has 2 N–H and O–H groups in total. The lowest BCUT2D eigenvalue weighted by Gasteiger charge is -2.32. The van der Waals surface area contributed by atoms with Gasteiger partial charge in [-0.1, -0.05) is 0 Å². The fourth-order valence-electron chi connectivity index (χ4n) is 3.89. The van der Waals surface area contributed by atoms with Crippen LogP contribution in [0.2, 0.25) is 0 Å². The molecule has 152 valence electrons. The fourth-order valence-corrected chi connectivity index (χ4v) is 3.89. The van der Waals surface area contributed by atoms with Crippen molar-refractivity contribution in [3.63, 3.8) is 0 Å². The highest BCUT2D eigenvalue weighted by Gasteiger charge is 2.32. The Morgan fingerprint density at radius 1 is 1.30 bits per heavy atom. The highest BCUT2D eigenvalue weighted by Crippen LogP contribution is 2.24. The number of aromatic nitrogens is 2. The molecule has 1 unspecified atom stereocenters. The van der Waals surface area contributed by atoms with E-state index in [2.05, 4.69) is 15.7 Å². The maximum atomic E-state index is 12.4. The number of hydrogen-bond donors (Lipinski definition) is 2. The van der Waals surface area contributed by atoms with Gasteiger partial charge in [-0.3, -0.25) is 14.4 Å². The first-order valence-electron chi connectivity index (χ1n) is 9.74. The van der Waals surface area contributed by atoms with Crippen LogP contribution >= 0.6 is 0 Å². The summed E-state index contributed by atoms with van der Waals surface area (Å²) in [5, 5.41) is 10.6. The van der Waals surface area contributed by atoms with Gasteiger partial charge in [-0.25, -0.2) is 0 Å². The number of alkyl halides is 3. The summed E-state index contributed by atoms with van der Waals surface area (Å²) in [6, 6.07) is 2.03. The molecule has 0 radical (unpaired) electrons. The van der Waals surface area contributed by atoms with Crippen molar-refractivity contribution < 1.29 is 18.0 Å². The normalized spacial score (nSPS) is 22.7. The summed E-state index contributed by atoms with van der Waals surface area (Å²) in [5.41, 5.74) is 0.417. The van der Waals surface area contributed by atoms with Crippen LogP contribution in [-0.4, -0.2) is 66.0 Å². The number of hydrogen-bond acceptors (Lipinski definition) is 4. The lowest BCUT2D eigenvalue weighted by atomic mass is 9.93. The lowest BCUT2D eigenvalue weighted by Crippen LogP contribution is -2.40. The lowest BCUT2D eigenvalue weighted by molar-refractivity contribution is -0.148. The van der Waals surface area contributed by atoms with Crippen LogP contribution in [0, 0.1) is 5.92 Å². The third-order valence-corrected chi connectivity index (χ3v) is 5.43. The van der Waals surface area contributed by atoms with E-state index < -0.39 is 12.7 Å². The number of nitrogens with zero attached hydrogens (tertiary/aromatic N) is 3. The van der Waals surface area contributed by atoms with Crippen LogP contribution in [0.25, 0.3) is 0 Å². The van der Waals surface area contributed by atoms with Crippen molar-refractivity contribution >= 4 is 5.91 Å². The Balaban J connectivity index is 1.36. The van der Waals surface area contributed by atoms with Gasteiger partial charge in [0, 0.05) is 19.3 Å². The molecule has 0 spiro atoms. The van der Waals surface area contributed by atoms with Gasteiger partial charge in [0.05, 0.1) is 12.6 Å². The third kappa shape index (κ3) is 6.21. The van der Waals surface area contributed by atoms with Crippen molar-refractivity contribution in [2.45, 2.75) is 44.3 Å². The quantitative estimate of drug-likeness (QED) is 0.786. The summed E-state index contributed by atoms with van der Waals surface area (Å²) >= 11 is 0. The van der Waals surface area contributed by atoms with E-state index in [1.165, 1.54) is 4.90 Å². The number of amides is 1. The van der Waals surface area contributed by atoms with Crippen molar-refractivity contribution in [2.75, 3.05) is 39.3 Å². The number of carbonyl (C=O) groups is 1. The number of likely N-dealkylation sites (tertiary alicyclic amines) is 1. The zero-order valence-corrected chi connectivity index (χ0v) is 15.5. The molecule has 0 aromatic carbocycles. The van der Waals surface area contributed by atoms with Gasteiger partial charge in [-0.2, -0.15) is 18.3 Å². The molecular formula is C18H28F3N5O. The van der Waals surface area contributed by atoms with Crippen molar-refractivity contribution in [2.24, 2.45) is 5.92 Å². The summed E-state index contributed by atoms with van der Waals surface area (Å²) in [6.07, 6.45) is 2.17. The Hall–Kier alpha value is -1.61. The van der Waals surface area contributed by atoms with Gasteiger partial charge >= 0.3 is 6.18 Å². The second-order valence-electron chi connectivity index (χ2n) is 7.56. The monoisotopic (exact) mass is 387 g/mol. The summed E-state index contributed by atoms with van der Waals surface area (Å²) in [4.78, 5) is 13.7. The van der Waals surface area contributed by atoms with E-state index in [1.807, 2.05) is 10.9 Å². The van der Waals surface area contributed by atoms with Crippen molar-refractivity contribution in [3.8, 4) is 0 Å². The van der Waals surface area contributed by atoms with Crippen LogP contribution in [0.4, 0.5) is 13.2 Å². The third-order valence-electron chi connectivity index (χ3n) is 5.43. The highest BCUT2D eigenvalue weighted by molar-refractivity contribution is 5.92. The van der Waals surface area contributed by atoms with Crippen LogP contribution in [0.15, 0.2) is 12.3 Å². The average molecular weight is 387 g/mol. The molecule has 27 heavy (non-hydrogen) atoms. The van der Waals surface area contributed by atoms with Gasteiger partial charge in [-0.05, 0) is 63.7 Å². The van der Waals surface area contributed by atoms with Crippen LogP contribution in [0.5, 0.6) is 0 Å². The molecule has 1 atom stereocenters. The highest BCUT2D eigenvalue weighted by atomic mass is 19.4. The first-order chi connectivity index (χ1) is 12.9. The van der Waals surface area contributed by atoms with Gasteiger partial charge in [0.1, 0.15) is 5.69 Å². The Bertz CT molecular complexity index is 604. The molecule has 2 saturated heterocycles. The average Bonchev–Trinajstić information content (AvgIpc) is 3.13. The first-order valence-corrected chi connectivity index (χ1v) is 9.74. The molecule has 6 nitrogen and oxygen atoms in total. The van der Waals surface area contributed by atoms with Gasteiger partial charge in [0.2, 0.25) is 0 Å². The van der Waals surface area contributed by atoms with Gasteiger partial charge in [0.25, 0.3) is 5.91 Å². The summed E-state index contributed by atoms with van der Waals surface area (Å²) < 4.78 is 39.1. The minimum atomic E-state index is -4.13. The summed E-state index contributed by atoms with van der Waals surface area (Å²) in [5.74, 6) is 0.174.